The van der Waals surface area contributed by atoms with Crippen LogP contribution in [0.1, 0.15) is 13.8 Å². The second-order valence-electron chi connectivity index (χ2n) is 3.56. The van der Waals surface area contributed by atoms with E-state index in [-0.39, 0.29) is 6.61 Å². The van der Waals surface area contributed by atoms with Gasteiger partial charge in [0.2, 0.25) is 0 Å². The van der Waals surface area contributed by atoms with Gasteiger partial charge in [-0.3, -0.25) is 0 Å². The van der Waals surface area contributed by atoms with Crippen LogP contribution in [0, 0.1) is 0 Å². The second-order valence-corrected chi connectivity index (χ2v) is 3.56. The van der Waals surface area contributed by atoms with Crippen LogP contribution >= 0.6 is 0 Å². The van der Waals surface area contributed by atoms with Gasteiger partial charge < -0.3 is 15.2 Å². The van der Waals surface area contributed by atoms with E-state index in [0.29, 0.717) is 18.6 Å². The van der Waals surface area contributed by atoms with Crippen molar-refractivity contribution in [2.24, 2.45) is 0 Å². The largest absolute Gasteiger partial charge is 0.461 e. The van der Waals surface area contributed by atoms with Crippen LogP contribution in [0.25, 0.3) is 0 Å². The van der Waals surface area contributed by atoms with Crippen molar-refractivity contribution in [1.29, 1.82) is 0 Å². The molecule has 5 nitrogen and oxygen atoms in total. The topological polar surface area (TPSA) is 67.3 Å². The SMILES string of the molecule is CC(C)NCC(O)COc1ncccn1. The summed E-state index contributed by atoms with van der Waals surface area (Å²) in [6.07, 6.45) is 2.65. The smallest absolute Gasteiger partial charge is 0.316 e. The number of hydrogen-bond acceptors (Lipinski definition) is 5. The Labute approximate surface area is 89.5 Å². The molecule has 0 aromatic carbocycles. The Bertz CT molecular complexity index is 267. The molecule has 2 N–H and O–H groups in total. The minimum absolute atomic E-state index is 0.198. The number of ether oxygens (including phenoxy) is 1. The molecule has 1 atom stereocenters. The van der Waals surface area contributed by atoms with Gasteiger partial charge in [0.1, 0.15) is 12.7 Å². The highest BCUT2D eigenvalue weighted by Gasteiger charge is 2.06. The average molecular weight is 211 g/mol. The minimum atomic E-state index is -0.545. The van der Waals surface area contributed by atoms with Crippen molar-refractivity contribution in [3.8, 4) is 6.01 Å². The maximum absolute atomic E-state index is 9.52. The molecule has 0 bridgehead atoms. The second kappa shape index (κ2) is 6.31. The third-order valence-electron chi connectivity index (χ3n) is 1.71. The highest BCUT2D eigenvalue weighted by molar-refractivity contribution is 4.93. The molecule has 0 aliphatic heterocycles. The molecule has 1 rings (SSSR count). The molecule has 5 heteroatoms. The van der Waals surface area contributed by atoms with Crippen LogP contribution in [0.5, 0.6) is 6.01 Å². The molecule has 0 saturated heterocycles. The van der Waals surface area contributed by atoms with E-state index in [1.54, 1.807) is 18.5 Å². The van der Waals surface area contributed by atoms with Gasteiger partial charge >= 0.3 is 6.01 Å². The predicted octanol–water partition coefficient (Wildman–Crippen LogP) is 0.214. The molecule has 1 heterocycles. The van der Waals surface area contributed by atoms with Gasteiger partial charge in [-0.25, -0.2) is 9.97 Å². The van der Waals surface area contributed by atoms with Gasteiger partial charge in [0, 0.05) is 25.0 Å². The molecule has 0 spiro atoms. The summed E-state index contributed by atoms with van der Waals surface area (Å²) in [6.45, 7) is 4.75. The lowest BCUT2D eigenvalue weighted by Crippen LogP contribution is -2.35. The number of aliphatic hydroxyl groups is 1. The molecule has 0 saturated carbocycles. The highest BCUT2D eigenvalue weighted by Crippen LogP contribution is 1.98. The lowest BCUT2D eigenvalue weighted by molar-refractivity contribution is 0.0993. The van der Waals surface area contributed by atoms with Gasteiger partial charge in [-0.1, -0.05) is 13.8 Å². The summed E-state index contributed by atoms with van der Waals surface area (Å²) in [5.74, 6) is 0. The Morgan fingerprint density at radius 2 is 2.07 bits per heavy atom. The lowest BCUT2D eigenvalue weighted by atomic mass is 10.3. The van der Waals surface area contributed by atoms with Crippen LogP contribution in [0.2, 0.25) is 0 Å². The first kappa shape index (κ1) is 11.9. The van der Waals surface area contributed by atoms with Crippen LogP contribution in [-0.4, -0.2) is 40.4 Å². The molecule has 0 fully saturated rings. The summed E-state index contributed by atoms with van der Waals surface area (Å²) in [7, 11) is 0. The fraction of sp³-hybridized carbons (Fsp3) is 0.600. The van der Waals surface area contributed by atoms with E-state index in [0.717, 1.165) is 0 Å². The first-order chi connectivity index (χ1) is 7.18. The lowest BCUT2D eigenvalue weighted by Gasteiger charge is -2.13. The zero-order valence-electron chi connectivity index (χ0n) is 9.05. The van der Waals surface area contributed by atoms with E-state index in [1.807, 2.05) is 13.8 Å². The molecule has 0 aliphatic carbocycles. The van der Waals surface area contributed by atoms with Gasteiger partial charge in [0.05, 0.1) is 0 Å². The number of nitrogens with one attached hydrogen (secondary N) is 1. The number of rotatable bonds is 6. The molecule has 1 unspecified atom stereocenters. The molecule has 84 valence electrons. The van der Waals surface area contributed by atoms with E-state index >= 15 is 0 Å². The van der Waals surface area contributed by atoms with Gasteiger partial charge in [-0.05, 0) is 6.07 Å². The van der Waals surface area contributed by atoms with Crippen LogP contribution in [0.3, 0.4) is 0 Å². The van der Waals surface area contributed by atoms with Crippen molar-refractivity contribution in [3.05, 3.63) is 18.5 Å². The Balaban J connectivity index is 2.19. The fourth-order valence-corrected chi connectivity index (χ4v) is 0.961. The van der Waals surface area contributed by atoms with E-state index in [9.17, 15) is 5.11 Å². The Morgan fingerprint density at radius 3 is 2.67 bits per heavy atom. The van der Waals surface area contributed by atoms with Crippen molar-refractivity contribution < 1.29 is 9.84 Å². The maximum Gasteiger partial charge on any atom is 0.316 e. The number of nitrogens with zero attached hydrogens (tertiary/aromatic N) is 2. The first-order valence-electron chi connectivity index (χ1n) is 4.99. The number of aliphatic hydroxyl groups excluding tert-OH is 1. The molecule has 0 amide bonds. The summed E-state index contributed by atoms with van der Waals surface area (Å²) < 4.78 is 5.19. The van der Waals surface area contributed by atoms with E-state index in [2.05, 4.69) is 15.3 Å². The molecular weight excluding hydrogens is 194 g/mol. The third-order valence-corrected chi connectivity index (χ3v) is 1.71. The van der Waals surface area contributed by atoms with Crippen molar-refractivity contribution >= 4 is 0 Å². The summed E-state index contributed by atoms with van der Waals surface area (Å²) >= 11 is 0. The molecule has 1 aromatic heterocycles. The normalized spacial score (nSPS) is 12.8. The average Bonchev–Trinajstić information content (AvgIpc) is 2.25. The monoisotopic (exact) mass is 211 g/mol. The molecule has 15 heavy (non-hydrogen) atoms. The van der Waals surface area contributed by atoms with Gasteiger partial charge in [-0.2, -0.15) is 0 Å². The van der Waals surface area contributed by atoms with Crippen LogP contribution < -0.4 is 10.1 Å². The van der Waals surface area contributed by atoms with Crippen molar-refractivity contribution in [1.82, 2.24) is 15.3 Å². The minimum Gasteiger partial charge on any atom is -0.461 e. The van der Waals surface area contributed by atoms with Crippen LogP contribution in [0.15, 0.2) is 18.5 Å². The van der Waals surface area contributed by atoms with Gasteiger partial charge in [0.15, 0.2) is 0 Å². The Kier molecular flexibility index (Phi) is 5.00. The standard InChI is InChI=1S/C10H17N3O2/c1-8(2)13-6-9(14)7-15-10-11-4-3-5-12-10/h3-5,8-9,13-14H,6-7H2,1-2H3. The van der Waals surface area contributed by atoms with Crippen molar-refractivity contribution in [2.75, 3.05) is 13.2 Å². The molecular formula is C10H17N3O2. The summed E-state index contributed by atoms with van der Waals surface area (Å²) in [5.41, 5.74) is 0. The first-order valence-corrected chi connectivity index (χ1v) is 4.99. The summed E-state index contributed by atoms with van der Waals surface area (Å²) in [5, 5.41) is 12.6. The quantitative estimate of drug-likeness (QED) is 0.704. The van der Waals surface area contributed by atoms with Gasteiger partial charge in [-0.15, -0.1) is 0 Å². The Hall–Kier alpha value is -1.20. The van der Waals surface area contributed by atoms with E-state index < -0.39 is 6.10 Å². The van der Waals surface area contributed by atoms with Crippen LogP contribution in [-0.2, 0) is 0 Å². The zero-order chi connectivity index (χ0) is 11.1. The van der Waals surface area contributed by atoms with E-state index in [4.69, 9.17) is 4.74 Å². The third kappa shape index (κ3) is 5.29. The molecule has 1 aromatic rings. The highest BCUT2D eigenvalue weighted by atomic mass is 16.5. The summed E-state index contributed by atoms with van der Waals surface area (Å²) in [4.78, 5) is 7.76. The number of aromatic nitrogens is 2. The van der Waals surface area contributed by atoms with Crippen molar-refractivity contribution in [2.45, 2.75) is 26.0 Å². The Morgan fingerprint density at radius 1 is 1.40 bits per heavy atom. The zero-order valence-corrected chi connectivity index (χ0v) is 9.05. The molecule has 0 aliphatic rings. The van der Waals surface area contributed by atoms with Crippen LogP contribution in [0.4, 0.5) is 0 Å². The predicted molar refractivity (Wildman–Crippen MR) is 56.7 cm³/mol. The van der Waals surface area contributed by atoms with Crippen molar-refractivity contribution in [3.63, 3.8) is 0 Å². The maximum atomic E-state index is 9.52. The van der Waals surface area contributed by atoms with Gasteiger partial charge in [0.25, 0.3) is 0 Å². The number of hydrogen-bond donors (Lipinski definition) is 2. The fourth-order valence-electron chi connectivity index (χ4n) is 0.961. The molecule has 0 radical (unpaired) electrons. The van der Waals surface area contributed by atoms with E-state index in [1.165, 1.54) is 0 Å². The summed E-state index contributed by atoms with van der Waals surface area (Å²) in [6, 6.07) is 2.36.